The summed E-state index contributed by atoms with van der Waals surface area (Å²) >= 11 is 0. The second-order valence-corrected chi connectivity index (χ2v) is 9.83. The molecular formula is C31H25N6O4-. The number of carbonyl (C=O) groups is 1. The fraction of sp³-hybridized carbons (Fsp3) is 0.129. The van der Waals surface area contributed by atoms with Gasteiger partial charge in [-0.25, -0.2) is 4.68 Å². The van der Waals surface area contributed by atoms with Gasteiger partial charge in [-0.05, 0) is 61.4 Å². The molecule has 1 amide bonds. The normalized spacial score (nSPS) is 13.4. The summed E-state index contributed by atoms with van der Waals surface area (Å²) in [7, 11) is 3.14. The number of rotatable bonds is 4. The molecule has 0 bridgehead atoms. The van der Waals surface area contributed by atoms with Crippen molar-refractivity contribution in [3.05, 3.63) is 120 Å². The number of aryl methyl sites for hydroxylation is 2. The fourth-order valence-electron chi connectivity index (χ4n) is 5.17. The Bertz CT molecular complexity index is 2160. The summed E-state index contributed by atoms with van der Waals surface area (Å²) < 4.78 is 3.98. The fourth-order valence-corrected chi connectivity index (χ4v) is 5.17. The van der Waals surface area contributed by atoms with Crippen molar-refractivity contribution in [2.24, 2.45) is 19.2 Å². The van der Waals surface area contributed by atoms with Crippen molar-refractivity contribution in [2.45, 2.75) is 13.8 Å². The van der Waals surface area contributed by atoms with Crippen LogP contribution in [0.1, 0.15) is 27.0 Å². The van der Waals surface area contributed by atoms with Gasteiger partial charge in [0.05, 0.1) is 16.9 Å². The Morgan fingerprint density at radius 2 is 1.44 bits per heavy atom. The number of aromatic nitrogens is 4. The molecule has 0 saturated heterocycles. The van der Waals surface area contributed by atoms with E-state index in [4.69, 9.17) is 0 Å². The van der Waals surface area contributed by atoms with E-state index < -0.39 is 0 Å². The molecule has 1 aliphatic heterocycles. The third-order valence-corrected chi connectivity index (χ3v) is 7.44. The monoisotopic (exact) mass is 545 g/mol. The summed E-state index contributed by atoms with van der Waals surface area (Å²) in [5.74, 6) is -0.655. The third kappa shape index (κ3) is 3.91. The molecule has 0 aliphatic carbocycles. The summed E-state index contributed by atoms with van der Waals surface area (Å²) in [4.78, 5) is 39.9. The molecule has 4 heterocycles. The number of anilines is 1. The van der Waals surface area contributed by atoms with Crippen LogP contribution in [0.25, 0.3) is 28.9 Å². The number of hydrogen-bond donors (Lipinski definition) is 0. The van der Waals surface area contributed by atoms with Crippen LogP contribution in [0, 0.1) is 13.8 Å². The van der Waals surface area contributed by atoms with E-state index in [1.807, 2.05) is 36.4 Å². The molecule has 0 spiro atoms. The van der Waals surface area contributed by atoms with Crippen molar-refractivity contribution in [1.29, 1.82) is 0 Å². The lowest BCUT2D eigenvalue weighted by molar-refractivity contribution is -0.275. The number of nitrogens with zero attached hydrogens (tertiary/aromatic N) is 6. The average Bonchev–Trinajstić information content (AvgIpc) is 3.52. The lowest BCUT2D eigenvalue weighted by atomic mass is 10.1. The van der Waals surface area contributed by atoms with Crippen LogP contribution in [0.2, 0.25) is 0 Å². The minimum atomic E-state index is -0.330. The van der Waals surface area contributed by atoms with Crippen molar-refractivity contribution in [2.75, 3.05) is 5.01 Å². The highest BCUT2D eigenvalue weighted by Gasteiger charge is 2.29. The van der Waals surface area contributed by atoms with Crippen molar-refractivity contribution in [3.8, 4) is 11.6 Å². The van der Waals surface area contributed by atoms with Crippen molar-refractivity contribution in [1.82, 2.24) is 18.9 Å². The van der Waals surface area contributed by atoms with Gasteiger partial charge in [-0.1, -0.05) is 42.5 Å². The standard InChI is InChI=1S/C31H26N6O4/c1-18-22(28(38)34(3)26-24(18)30(40)36(32-26)20-12-7-5-8-13-20)16-11-17-23-19(2)25-27(35(4)29(23)39)33-37(31(25)41)21-14-9-6-10-15-21/h5-17,40H,1-4H3/p-1/b16-11?,23-17+. The maximum absolute atomic E-state index is 13.3. The van der Waals surface area contributed by atoms with Gasteiger partial charge in [0.2, 0.25) is 0 Å². The minimum absolute atomic E-state index is 0.288. The van der Waals surface area contributed by atoms with Crippen molar-refractivity contribution in [3.63, 3.8) is 0 Å². The van der Waals surface area contributed by atoms with E-state index in [0.717, 1.165) is 0 Å². The molecule has 0 radical (unpaired) electrons. The van der Waals surface area contributed by atoms with Gasteiger partial charge in [-0.15, -0.1) is 10.2 Å². The van der Waals surface area contributed by atoms with Gasteiger partial charge in [-0.2, -0.15) is 5.01 Å². The molecule has 0 unspecified atom stereocenters. The molecule has 2 aromatic carbocycles. The first-order valence-electron chi connectivity index (χ1n) is 12.9. The molecule has 3 aromatic heterocycles. The van der Waals surface area contributed by atoms with E-state index in [9.17, 15) is 19.5 Å². The van der Waals surface area contributed by atoms with Gasteiger partial charge >= 0.3 is 0 Å². The van der Waals surface area contributed by atoms with E-state index in [1.165, 1.54) is 18.8 Å². The predicted octanol–water partition coefficient (Wildman–Crippen LogP) is 1.80. The van der Waals surface area contributed by atoms with Crippen LogP contribution in [0.3, 0.4) is 0 Å². The van der Waals surface area contributed by atoms with Gasteiger partial charge in [0, 0.05) is 36.1 Å². The number of amides is 1. The maximum Gasteiger partial charge on any atom is 0.282 e. The van der Waals surface area contributed by atoms with Crippen LogP contribution in [-0.4, -0.2) is 24.8 Å². The van der Waals surface area contributed by atoms with E-state index in [1.54, 1.807) is 70.4 Å². The van der Waals surface area contributed by atoms with Gasteiger partial charge in [0.25, 0.3) is 17.0 Å². The molecule has 10 nitrogen and oxygen atoms in total. The minimum Gasteiger partial charge on any atom is -0.858 e. The van der Waals surface area contributed by atoms with Gasteiger partial charge in [0.1, 0.15) is 0 Å². The molecule has 0 N–H and O–H groups in total. The molecule has 204 valence electrons. The summed E-state index contributed by atoms with van der Waals surface area (Å²) in [5, 5.41) is 24.1. The smallest absolute Gasteiger partial charge is 0.282 e. The van der Waals surface area contributed by atoms with Crippen molar-refractivity contribution >= 4 is 34.8 Å². The quantitative estimate of drug-likeness (QED) is 0.341. The van der Waals surface area contributed by atoms with Gasteiger partial charge < -0.3 is 5.11 Å². The number of allylic oxidation sites excluding steroid dienone is 1. The number of fused-ring (bicyclic) bond motifs is 2. The zero-order valence-electron chi connectivity index (χ0n) is 22.8. The van der Waals surface area contributed by atoms with E-state index in [0.29, 0.717) is 44.2 Å². The first-order chi connectivity index (χ1) is 19.7. The van der Waals surface area contributed by atoms with E-state index >= 15 is 0 Å². The molecule has 0 saturated carbocycles. The van der Waals surface area contributed by atoms with Crippen molar-refractivity contribution < 1.29 is 9.90 Å². The number of carbonyl (C=O) groups excluding carboxylic acids is 1. The molecule has 5 aromatic rings. The molecule has 6 rings (SSSR count). The zero-order valence-corrected chi connectivity index (χ0v) is 22.8. The second-order valence-electron chi connectivity index (χ2n) is 9.83. The van der Waals surface area contributed by atoms with Crippen LogP contribution in [0.5, 0.6) is 5.88 Å². The van der Waals surface area contributed by atoms with Gasteiger partial charge in [0.15, 0.2) is 11.1 Å². The highest BCUT2D eigenvalue weighted by atomic mass is 16.3. The van der Waals surface area contributed by atoms with E-state index in [-0.39, 0.29) is 34.0 Å². The van der Waals surface area contributed by atoms with Gasteiger partial charge in [-0.3, -0.25) is 23.5 Å². The highest BCUT2D eigenvalue weighted by Crippen LogP contribution is 2.29. The number of para-hydroxylation sites is 2. The molecular weight excluding hydrogens is 520 g/mol. The Kier molecular flexibility index (Phi) is 6.03. The Morgan fingerprint density at radius 1 is 0.805 bits per heavy atom. The number of benzene rings is 2. The summed E-state index contributed by atoms with van der Waals surface area (Å²) in [6.45, 7) is 3.42. The lowest BCUT2D eigenvalue weighted by Crippen LogP contribution is -2.44. The Hall–Kier alpha value is -5.51. The SMILES string of the molecule is Cc1c2c(n(C)c(=O)/c1=C/C=Cc1c(C)c3c([O-])n(-c4ccccc4)nc3n(C)c1=O)=NN(c1ccccc1)C2=O. The van der Waals surface area contributed by atoms with Crippen LogP contribution >= 0.6 is 0 Å². The maximum atomic E-state index is 13.3. The molecule has 0 atom stereocenters. The summed E-state index contributed by atoms with van der Waals surface area (Å²) in [5.41, 5.74) is 2.74. The van der Waals surface area contributed by atoms with Crippen LogP contribution < -0.4 is 31.9 Å². The first-order valence-corrected chi connectivity index (χ1v) is 12.9. The Morgan fingerprint density at radius 3 is 2.10 bits per heavy atom. The average molecular weight is 546 g/mol. The number of pyridine rings is 2. The van der Waals surface area contributed by atoms with E-state index in [2.05, 4.69) is 10.2 Å². The zero-order chi connectivity index (χ0) is 29.0. The van der Waals surface area contributed by atoms with Crippen LogP contribution in [0.4, 0.5) is 5.69 Å². The third-order valence-electron chi connectivity index (χ3n) is 7.44. The largest absolute Gasteiger partial charge is 0.858 e. The molecule has 41 heavy (non-hydrogen) atoms. The Balaban J connectivity index is 1.46. The second kappa shape index (κ2) is 9.60. The lowest BCUT2D eigenvalue weighted by Gasteiger charge is -2.12. The summed E-state index contributed by atoms with van der Waals surface area (Å²) in [6.07, 6.45) is 4.74. The topological polar surface area (TPSA) is 118 Å². The molecule has 10 heteroatoms. The highest BCUT2D eigenvalue weighted by molar-refractivity contribution is 6.08. The van der Waals surface area contributed by atoms with Crippen LogP contribution in [0.15, 0.2) is 81.4 Å². The predicted molar refractivity (Wildman–Crippen MR) is 154 cm³/mol. The molecule has 1 aliphatic rings. The number of hydrogen-bond acceptors (Lipinski definition) is 6. The summed E-state index contributed by atoms with van der Waals surface area (Å²) in [6, 6.07) is 18.0. The van der Waals surface area contributed by atoms with Crippen LogP contribution in [-0.2, 0) is 14.1 Å². The first kappa shape index (κ1) is 25.8. The Labute approximate surface area is 233 Å². The molecule has 0 fully saturated rings.